The van der Waals surface area contributed by atoms with Crippen molar-refractivity contribution in [2.24, 2.45) is 0 Å². The van der Waals surface area contributed by atoms with Gasteiger partial charge < -0.3 is 10.1 Å². The molecule has 5 heteroatoms. The number of hydrogen-bond acceptors (Lipinski definition) is 3. The number of aromatic hydroxyl groups is 1. The van der Waals surface area contributed by atoms with Gasteiger partial charge in [-0.05, 0) is 12.1 Å². The van der Waals surface area contributed by atoms with E-state index in [9.17, 15) is 9.90 Å². The van der Waals surface area contributed by atoms with Gasteiger partial charge in [-0.25, -0.2) is 0 Å². The van der Waals surface area contributed by atoms with Gasteiger partial charge in [0, 0.05) is 5.56 Å². The largest absolute Gasteiger partial charge is 0.506 e. The number of thiazole rings is 1. The first-order valence-electron chi connectivity index (χ1n) is 4.45. The molecular weight excluding hydrogens is 246 g/mol. The summed E-state index contributed by atoms with van der Waals surface area (Å²) in [7, 11) is 0. The standard InChI is InChI=1S/C11H8ClNO2S/c1-6-13-11(15)9(16-6)5-7-3-2-4-8(12)10(7)14/h2-5,14H,1H2,(H,13,15)/b9-5-. The highest BCUT2D eigenvalue weighted by Gasteiger charge is 2.02. The number of H-pyrrole nitrogens is 1. The summed E-state index contributed by atoms with van der Waals surface area (Å²) in [6.45, 7) is 3.64. The highest BCUT2D eigenvalue weighted by Crippen LogP contribution is 2.27. The molecule has 0 bridgehead atoms. The number of rotatable bonds is 1. The molecule has 0 aliphatic heterocycles. The van der Waals surface area contributed by atoms with E-state index in [1.807, 2.05) is 0 Å². The van der Waals surface area contributed by atoms with Crippen LogP contribution in [0.25, 0.3) is 12.7 Å². The highest BCUT2D eigenvalue weighted by molar-refractivity contribution is 7.07. The topological polar surface area (TPSA) is 53.1 Å². The SMILES string of the molecule is C=c1[nH]c(=O)/c(=C/c2cccc(Cl)c2O)s1. The molecule has 0 saturated heterocycles. The van der Waals surface area contributed by atoms with Crippen LogP contribution in [-0.4, -0.2) is 10.1 Å². The van der Waals surface area contributed by atoms with Crippen molar-refractivity contribution in [1.29, 1.82) is 0 Å². The number of para-hydroxylation sites is 1. The Kier molecular flexibility index (Phi) is 2.85. The van der Waals surface area contributed by atoms with Crippen molar-refractivity contribution in [3.8, 4) is 5.75 Å². The maximum absolute atomic E-state index is 11.4. The van der Waals surface area contributed by atoms with E-state index in [0.717, 1.165) is 0 Å². The lowest BCUT2D eigenvalue weighted by atomic mass is 10.2. The third-order valence-electron chi connectivity index (χ3n) is 2.01. The lowest BCUT2D eigenvalue weighted by Gasteiger charge is -1.99. The van der Waals surface area contributed by atoms with Crippen LogP contribution in [0.5, 0.6) is 5.75 Å². The van der Waals surface area contributed by atoms with Crippen LogP contribution in [0.1, 0.15) is 5.56 Å². The number of aromatic amines is 1. The Morgan fingerprint density at radius 3 is 2.88 bits per heavy atom. The number of phenolic OH excluding ortho intramolecular Hbond substituents is 1. The van der Waals surface area contributed by atoms with Gasteiger partial charge in [-0.15, -0.1) is 11.3 Å². The third kappa shape index (κ3) is 2.03. The molecule has 1 aromatic carbocycles. The summed E-state index contributed by atoms with van der Waals surface area (Å²) in [5.74, 6) is -0.0254. The average Bonchev–Trinajstić information content (AvgIpc) is 2.53. The normalized spacial score (nSPS) is 11.9. The van der Waals surface area contributed by atoms with Crippen molar-refractivity contribution in [2.45, 2.75) is 0 Å². The van der Waals surface area contributed by atoms with Crippen molar-refractivity contribution in [2.75, 3.05) is 0 Å². The van der Waals surface area contributed by atoms with Crippen LogP contribution >= 0.6 is 22.9 Å². The first kappa shape index (κ1) is 11.0. The summed E-state index contributed by atoms with van der Waals surface area (Å²) in [6.07, 6.45) is 1.58. The first-order valence-corrected chi connectivity index (χ1v) is 5.64. The second-order valence-electron chi connectivity index (χ2n) is 3.17. The molecule has 0 aliphatic carbocycles. The van der Waals surface area contributed by atoms with E-state index >= 15 is 0 Å². The highest BCUT2D eigenvalue weighted by atomic mass is 35.5. The van der Waals surface area contributed by atoms with Gasteiger partial charge in [-0.3, -0.25) is 4.79 Å². The molecule has 0 amide bonds. The summed E-state index contributed by atoms with van der Waals surface area (Å²) in [6, 6.07) is 4.98. The molecule has 0 atom stereocenters. The molecule has 0 unspecified atom stereocenters. The summed E-state index contributed by atoms with van der Waals surface area (Å²) in [4.78, 5) is 14.0. The van der Waals surface area contributed by atoms with Crippen molar-refractivity contribution in [3.63, 3.8) is 0 Å². The lowest BCUT2D eigenvalue weighted by Crippen LogP contribution is -2.19. The van der Waals surface area contributed by atoms with E-state index < -0.39 is 0 Å². The minimum atomic E-state index is -0.214. The third-order valence-corrected chi connectivity index (χ3v) is 3.19. The number of phenols is 1. The Morgan fingerprint density at radius 1 is 1.50 bits per heavy atom. The molecule has 1 heterocycles. The molecule has 82 valence electrons. The fourth-order valence-electron chi connectivity index (χ4n) is 1.28. The summed E-state index contributed by atoms with van der Waals surface area (Å²) in [5.41, 5.74) is 0.300. The maximum atomic E-state index is 11.4. The maximum Gasteiger partial charge on any atom is 0.266 e. The number of aromatic nitrogens is 1. The fraction of sp³-hybridized carbons (Fsp3) is 0. The summed E-state index contributed by atoms with van der Waals surface area (Å²) in [5, 5.41) is 9.93. The zero-order chi connectivity index (χ0) is 11.7. The summed E-state index contributed by atoms with van der Waals surface area (Å²) < 4.78 is 1.07. The number of hydrogen-bond donors (Lipinski definition) is 2. The van der Waals surface area contributed by atoms with Crippen LogP contribution in [0, 0.1) is 0 Å². The number of benzene rings is 1. The molecule has 0 radical (unpaired) electrons. The van der Waals surface area contributed by atoms with Crippen LogP contribution in [0.15, 0.2) is 23.0 Å². The predicted octanol–water partition coefficient (Wildman–Crippen LogP) is 1.03. The van der Waals surface area contributed by atoms with Gasteiger partial charge >= 0.3 is 0 Å². The molecule has 2 N–H and O–H groups in total. The van der Waals surface area contributed by atoms with Gasteiger partial charge in [0.2, 0.25) is 0 Å². The van der Waals surface area contributed by atoms with Gasteiger partial charge in [0.1, 0.15) is 5.75 Å². The Morgan fingerprint density at radius 2 is 2.25 bits per heavy atom. The van der Waals surface area contributed by atoms with Gasteiger partial charge in [-0.1, -0.05) is 30.3 Å². The smallest absolute Gasteiger partial charge is 0.266 e. The predicted molar refractivity (Wildman–Crippen MR) is 66.4 cm³/mol. The van der Waals surface area contributed by atoms with Crippen molar-refractivity contribution >= 4 is 35.6 Å². The number of halogens is 1. The van der Waals surface area contributed by atoms with Gasteiger partial charge in [0.25, 0.3) is 5.56 Å². The number of nitrogens with one attached hydrogen (secondary N) is 1. The molecule has 0 aliphatic rings. The van der Waals surface area contributed by atoms with Crippen molar-refractivity contribution in [1.82, 2.24) is 4.98 Å². The molecular formula is C11H8ClNO2S. The molecule has 0 spiro atoms. The van der Waals surface area contributed by atoms with Gasteiger partial charge in [0.15, 0.2) is 0 Å². The Hall–Kier alpha value is -1.52. The average molecular weight is 254 g/mol. The minimum Gasteiger partial charge on any atom is -0.506 e. The molecule has 2 aromatic rings. The fourth-order valence-corrected chi connectivity index (χ4v) is 2.20. The monoisotopic (exact) mass is 253 g/mol. The van der Waals surface area contributed by atoms with Gasteiger partial charge in [-0.2, -0.15) is 0 Å². The van der Waals surface area contributed by atoms with E-state index in [2.05, 4.69) is 11.6 Å². The van der Waals surface area contributed by atoms with E-state index in [1.165, 1.54) is 11.3 Å². The van der Waals surface area contributed by atoms with Crippen LogP contribution in [0.2, 0.25) is 5.02 Å². The molecule has 1 aromatic heterocycles. The van der Waals surface area contributed by atoms with Crippen LogP contribution < -0.4 is 14.8 Å². The van der Waals surface area contributed by atoms with Crippen LogP contribution in [0.3, 0.4) is 0 Å². The quantitative estimate of drug-likeness (QED) is 0.798. The molecule has 3 nitrogen and oxygen atoms in total. The minimum absolute atomic E-state index is 0.0254. The second-order valence-corrected chi connectivity index (χ2v) is 4.71. The Labute approximate surface area is 100.0 Å². The molecule has 2 rings (SSSR count). The van der Waals surface area contributed by atoms with Crippen LogP contribution in [0.4, 0.5) is 0 Å². The van der Waals surface area contributed by atoms with E-state index in [1.54, 1.807) is 24.3 Å². The lowest BCUT2D eigenvalue weighted by molar-refractivity contribution is 0.474. The zero-order valence-electron chi connectivity index (χ0n) is 8.16. The second kappa shape index (κ2) is 4.15. The van der Waals surface area contributed by atoms with Crippen molar-refractivity contribution < 1.29 is 5.11 Å². The van der Waals surface area contributed by atoms with E-state index in [-0.39, 0.29) is 16.3 Å². The Bertz CT molecular complexity index is 687. The molecule has 16 heavy (non-hydrogen) atoms. The van der Waals surface area contributed by atoms with Crippen molar-refractivity contribution in [3.05, 3.63) is 48.3 Å². The molecule has 0 fully saturated rings. The van der Waals surface area contributed by atoms with Gasteiger partial charge in [0.05, 0.1) is 14.2 Å². The first-order chi connectivity index (χ1) is 7.58. The van der Waals surface area contributed by atoms with Crippen LogP contribution in [-0.2, 0) is 0 Å². The summed E-state index contributed by atoms with van der Waals surface area (Å²) >= 11 is 7.00. The zero-order valence-corrected chi connectivity index (χ0v) is 9.73. The van der Waals surface area contributed by atoms with E-state index in [4.69, 9.17) is 11.6 Å². The molecule has 0 saturated carbocycles. The van der Waals surface area contributed by atoms with E-state index in [0.29, 0.717) is 14.8 Å². The Balaban J connectivity index is 2.68.